The normalized spacial score (nSPS) is 10.5. The predicted octanol–water partition coefficient (Wildman–Crippen LogP) is 4.21. The van der Waals surface area contributed by atoms with Crippen LogP contribution in [0.3, 0.4) is 0 Å². The van der Waals surface area contributed by atoms with Gasteiger partial charge in [-0.25, -0.2) is 9.37 Å². The molecule has 2 amide bonds. The standard InChI is InChI=1S/C20H17ClFN3O2S/c1-12-5-6-15(10-17(12)21)24-19(27)18(26)23-8-7-16-11-28-20(25-16)13-3-2-4-14(22)9-13/h2-6,9-11H,7-8H2,1H3,(H,23,26)(H,24,27). The summed E-state index contributed by atoms with van der Waals surface area (Å²) >= 11 is 7.40. The van der Waals surface area contributed by atoms with Crippen molar-refractivity contribution in [2.45, 2.75) is 13.3 Å². The molecule has 1 heterocycles. The third kappa shape index (κ3) is 5.15. The summed E-state index contributed by atoms with van der Waals surface area (Å²) < 4.78 is 13.3. The molecule has 0 aliphatic heterocycles. The smallest absolute Gasteiger partial charge is 0.313 e. The summed E-state index contributed by atoms with van der Waals surface area (Å²) in [5.41, 5.74) is 2.80. The zero-order valence-electron chi connectivity index (χ0n) is 15.0. The molecule has 1 aromatic heterocycles. The molecule has 3 aromatic rings. The number of carbonyl (C=O) groups is 2. The van der Waals surface area contributed by atoms with Crippen molar-refractivity contribution >= 4 is 40.4 Å². The number of nitrogens with one attached hydrogen (secondary N) is 2. The highest BCUT2D eigenvalue weighted by molar-refractivity contribution is 7.13. The largest absolute Gasteiger partial charge is 0.347 e. The Morgan fingerprint density at radius 2 is 2.00 bits per heavy atom. The summed E-state index contributed by atoms with van der Waals surface area (Å²) in [6.07, 6.45) is 0.460. The number of amides is 2. The number of thiazole rings is 1. The average molecular weight is 418 g/mol. The molecular weight excluding hydrogens is 401 g/mol. The Morgan fingerprint density at radius 3 is 2.75 bits per heavy atom. The SMILES string of the molecule is Cc1ccc(NC(=O)C(=O)NCCc2csc(-c3cccc(F)c3)n2)cc1Cl. The Kier molecular flexibility index (Phi) is 6.38. The van der Waals surface area contributed by atoms with E-state index < -0.39 is 11.8 Å². The van der Waals surface area contributed by atoms with Crippen LogP contribution in [-0.2, 0) is 16.0 Å². The number of aromatic nitrogens is 1. The van der Waals surface area contributed by atoms with E-state index >= 15 is 0 Å². The second kappa shape index (κ2) is 8.95. The third-order valence-corrected chi connectivity index (χ3v) is 5.27. The van der Waals surface area contributed by atoms with Crippen molar-refractivity contribution < 1.29 is 14.0 Å². The van der Waals surface area contributed by atoms with Crippen molar-refractivity contribution in [1.29, 1.82) is 0 Å². The topological polar surface area (TPSA) is 71.1 Å². The van der Waals surface area contributed by atoms with Gasteiger partial charge in [0.25, 0.3) is 0 Å². The van der Waals surface area contributed by atoms with E-state index in [1.54, 1.807) is 30.3 Å². The van der Waals surface area contributed by atoms with Crippen LogP contribution in [0, 0.1) is 12.7 Å². The number of hydrogen-bond acceptors (Lipinski definition) is 4. The molecule has 0 saturated heterocycles. The van der Waals surface area contributed by atoms with Crippen LogP contribution >= 0.6 is 22.9 Å². The van der Waals surface area contributed by atoms with E-state index in [1.165, 1.54) is 23.5 Å². The molecule has 0 saturated carbocycles. The first-order valence-electron chi connectivity index (χ1n) is 8.48. The van der Waals surface area contributed by atoms with Crippen molar-refractivity contribution in [3.8, 4) is 10.6 Å². The molecule has 0 spiro atoms. The molecule has 0 bridgehead atoms. The summed E-state index contributed by atoms with van der Waals surface area (Å²) in [6.45, 7) is 2.10. The molecule has 0 fully saturated rings. The molecule has 2 aromatic carbocycles. The van der Waals surface area contributed by atoms with Crippen LogP contribution in [-0.4, -0.2) is 23.3 Å². The molecule has 0 aliphatic carbocycles. The van der Waals surface area contributed by atoms with Gasteiger partial charge in [0.1, 0.15) is 10.8 Å². The number of rotatable bonds is 5. The minimum Gasteiger partial charge on any atom is -0.347 e. The van der Waals surface area contributed by atoms with Crippen LogP contribution in [0.15, 0.2) is 47.8 Å². The Balaban J connectivity index is 1.50. The van der Waals surface area contributed by atoms with E-state index in [0.29, 0.717) is 27.7 Å². The number of halogens is 2. The van der Waals surface area contributed by atoms with Crippen LogP contribution in [0.5, 0.6) is 0 Å². The molecule has 3 rings (SSSR count). The van der Waals surface area contributed by atoms with E-state index in [-0.39, 0.29) is 12.4 Å². The Labute approximate surface area is 170 Å². The summed E-state index contributed by atoms with van der Waals surface area (Å²) in [5.74, 6) is -1.82. The zero-order chi connectivity index (χ0) is 20.1. The van der Waals surface area contributed by atoms with Crippen LogP contribution < -0.4 is 10.6 Å². The lowest BCUT2D eigenvalue weighted by Crippen LogP contribution is -2.36. The maximum Gasteiger partial charge on any atom is 0.313 e. The summed E-state index contributed by atoms with van der Waals surface area (Å²) in [7, 11) is 0. The highest BCUT2D eigenvalue weighted by atomic mass is 35.5. The Hall–Kier alpha value is -2.77. The molecule has 8 heteroatoms. The quantitative estimate of drug-likeness (QED) is 0.611. The van der Waals surface area contributed by atoms with Gasteiger partial charge in [-0.3, -0.25) is 9.59 Å². The highest BCUT2D eigenvalue weighted by Gasteiger charge is 2.14. The molecule has 28 heavy (non-hydrogen) atoms. The molecule has 2 N–H and O–H groups in total. The third-order valence-electron chi connectivity index (χ3n) is 3.93. The van der Waals surface area contributed by atoms with Gasteiger partial charge >= 0.3 is 11.8 Å². The lowest BCUT2D eigenvalue weighted by atomic mass is 10.2. The zero-order valence-corrected chi connectivity index (χ0v) is 16.5. The van der Waals surface area contributed by atoms with E-state index in [9.17, 15) is 14.0 Å². The number of hydrogen-bond donors (Lipinski definition) is 2. The summed E-state index contributed by atoms with van der Waals surface area (Å²) in [4.78, 5) is 28.3. The average Bonchev–Trinajstić information content (AvgIpc) is 3.13. The van der Waals surface area contributed by atoms with Gasteiger partial charge in [0.15, 0.2) is 0 Å². The fourth-order valence-corrected chi connectivity index (χ4v) is 3.45. The van der Waals surface area contributed by atoms with Crippen molar-refractivity contribution in [2.24, 2.45) is 0 Å². The van der Waals surface area contributed by atoms with Gasteiger partial charge in [-0.2, -0.15) is 0 Å². The number of aryl methyl sites for hydroxylation is 1. The van der Waals surface area contributed by atoms with E-state index in [2.05, 4.69) is 15.6 Å². The molecule has 0 aliphatic rings. The van der Waals surface area contributed by atoms with Gasteiger partial charge in [0.2, 0.25) is 0 Å². The summed E-state index contributed by atoms with van der Waals surface area (Å²) in [6, 6.07) is 11.2. The number of benzene rings is 2. The van der Waals surface area contributed by atoms with E-state index in [1.807, 2.05) is 12.3 Å². The second-order valence-corrected chi connectivity index (χ2v) is 7.34. The van der Waals surface area contributed by atoms with Crippen LogP contribution in [0.25, 0.3) is 10.6 Å². The van der Waals surface area contributed by atoms with Gasteiger partial charge in [-0.15, -0.1) is 11.3 Å². The van der Waals surface area contributed by atoms with Crippen molar-refractivity contribution in [3.63, 3.8) is 0 Å². The monoisotopic (exact) mass is 417 g/mol. The van der Waals surface area contributed by atoms with E-state index in [0.717, 1.165) is 11.3 Å². The molecule has 0 radical (unpaired) electrons. The first kappa shape index (κ1) is 20.0. The minimum atomic E-state index is -0.765. The van der Waals surface area contributed by atoms with Crippen LogP contribution in [0.1, 0.15) is 11.3 Å². The highest BCUT2D eigenvalue weighted by Crippen LogP contribution is 2.24. The first-order chi connectivity index (χ1) is 13.4. The number of nitrogens with zero attached hydrogens (tertiary/aromatic N) is 1. The van der Waals surface area contributed by atoms with Gasteiger partial charge in [-0.05, 0) is 36.8 Å². The van der Waals surface area contributed by atoms with Gasteiger partial charge in [0, 0.05) is 34.6 Å². The fourth-order valence-electron chi connectivity index (χ4n) is 2.42. The van der Waals surface area contributed by atoms with Crippen molar-refractivity contribution in [1.82, 2.24) is 10.3 Å². The molecule has 0 atom stereocenters. The summed E-state index contributed by atoms with van der Waals surface area (Å²) in [5, 5.41) is 8.12. The van der Waals surface area contributed by atoms with Crippen molar-refractivity contribution in [2.75, 3.05) is 11.9 Å². The van der Waals surface area contributed by atoms with Crippen molar-refractivity contribution in [3.05, 3.63) is 69.9 Å². The minimum absolute atomic E-state index is 0.257. The van der Waals surface area contributed by atoms with E-state index in [4.69, 9.17) is 11.6 Å². The Bertz CT molecular complexity index is 1020. The maximum absolute atomic E-state index is 13.3. The molecule has 144 valence electrons. The maximum atomic E-state index is 13.3. The molecular formula is C20H17ClFN3O2S. The van der Waals surface area contributed by atoms with Gasteiger partial charge in [0.05, 0.1) is 5.69 Å². The fraction of sp³-hybridized carbons (Fsp3) is 0.150. The van der Waals surface area contributed by atoms with Crippen LogP contribution in [0.2, 0.25) is 5.02 Å². The Morgan fingerprint density at radius 1 is 1.18 bits per heavy atom. The second-order valence-electron chi connectivity index (χ2n) is 6.08. The molecule has 5 nitrogen and oxygen atoms in total. The predicted molar refractivity (Wildman–Crippen MR) is 109 cm³/mol. The number of anilines is 1. The van der Waals surface area contributed by atoms with Crippen LogP contribution in [0.4, 0.5) is 10.1 Å². The number of carbonyl (C=O) groups excluding carboxylic acids is 2. The first-order valence-corrected chi connectivity index (χ1v) is 9.74. The lowest BCUT2D eigenvalue weighted by molar-refractivity contribution is -0.136. The molecule has 0 unspecified atom stereocenters. The lowest BCUT2D eigenvalue weighted by Gasteiger charge is -2.07. The van der Waals surface area contributed by atoms with Gasteiger partial charge in [-0.1, -0.05) is 29.8 Å². The van der Waals surface area contributed by atoms with Gasteiger partial charge < -0.3 is 10.6 Å².